The zero-order valence-corrected chi connectivity index (χ0v) is 19.6. The number of ether oxygens (including phenoxy) is 1. The summed E-state index contributed by atoms with van der Waals surface area (Å²) in [4.78, 5) is 23.8. The maximum atomic E-state index is 12.4. The van der Waals surface area contributed by atoms with E-state index in [1.54, 1.807) is 18.3 Å². The molecule has 0 saturated carbocycles. The third-order valence-electron chi connectivity index (χ3n) is 4.05. The number of unbranched alkanes of at least 4 members (excludes halogenated alkanes) is 1. The number of sulfonamides is 1. The van der Waals surface area contributed by atoms with Crippen molar-refractivity contribution in [1.82, 2.24) is 9.71 Å². The summed E-state index contributed by atoms with van der Waals surface area (Å²) in [6.07, 6.45) is 2.96. The first kappa shape index (κ1) is 30.2. The molecule has 1 aromatic heterocycles. The SMILES string of the molecule is C#C[C@H](CC(=O)O)NS(=O)(=O)c1cccc(OCCCCNc2ccccn2)c1.O=C(O)C(F)(F)F. The average molecular weight is 532 g/mol. The third kappa shape index (κ3) is 12.0. The minimum Gasteiger partial charge on any atom is -0.494 e. The number of pyridine rings is 1. The lowest BCUT2D eigenvalue weighted by atomic mass is 10.2. The first-order chi connectivity index (χ1) is 16.8. The van der Waals surface area contributed by atoms with E-state index in [-0.39, 0.29) is 4.90 Å². The number of rotatable bonds is 12. The van der Waals surface area contributed by atoms with Crippen molar-refractivity contribution in [2.24, 2.45) is 0 Å². The van der Waals surface area contributed by atoms with Gasteiger partial charge in [-0.2, -0.15) is 17.9 Å². The standard InChI is InChI=1S/C20H23N3O5S.C2HF3O2/c1-2-16(14-20(24)25)23-29(26,27)18-9-7-8-17(15-18)28-13-6-5-12-22-19-10-3-4-11-21-19;3-2(4,5)1(6)7/h1,3-4,7-11,15-16,23H,5-6,12-14H2,(H,21,22)(H,24,25);(H,6,7)/t16-;/m1./s1. The van der Waals surface area contributed by atoms with Crippen LogP contribution in [0, 0.1) is 12.3 Å². The van der Waals surface area contributed by atoms with Gasteiger partial charge in [0.15, 0.2) is 0 Å². The molecule has 0 spiro atoms. The first-order valence-electron chi connectivity index (χ1n) is 10.2. The highest BCUT2D eigenvalue weighted by Crippen LogP contribution is 2.18. The van der Waals surface area contributed by atoms with E-state index in [0.717, 1.165) is 25.2 Å². The number of anilines is 1. The summed E-state index contributed by atoms with van der Waals surface area (Å²) in [6.45, 7) is 1.17. The molecule has 2 rings (SSSR count). The Morgan fingerprint density at radius 2 is 1.83 bits per heavy atom. The van der Waals surface area contributed by atoms with Gasteiger partial charge in [-0.25, -0.2) is 18.2 Å². The molecule has 36 heavy (non-hydrogen) atoms. The van der Waals surface area contributed by atoms with Gasteiger partial charge in [0.05, 0.1) is 24.0 Å². The molecule has 1 atom stereocenters. The summed E-state index contributed by atoms with van der Waals surface area (Å²) >= 11 is 0. The summed E-state index contributed by atoms with van der Waals surface area (Å²) in [5.41, 5.74) is 0. The minimum atomic E-state index is -5.08. The van der Waals surface area contributed by atoms with Crippen LogP contribution in [-0.2, 0) is 19.6 Å². The highest BCUT2D eigenvalue weighted by atomic mass is 32.2. The van der Waals surface area contributed by atoms with Crippen molar-refractivity contribution in [2.45, 2.75) is 36.4 Å². The van der Waals surface area contributed by atoms with Crippen LogP contribution in [0.4, 0.5) is 19.0 Å². The topological polar surface area (TPSA) is 155 Å². The van der Waals surface area contributed by atoms with Gasteiger partial charge in [-0.1, -0.05) is 18.1 Å². The van der Waals surface area contributed by atoms with Gasteiger partial charge in [-0.05, 0) is 37.1 Å². The smallest absolute Gasteiger partial charge is 0.490 e. The fraction of sp³-hybridized carbons (Fsp3) is 0.318. The molecule has 0 aliphatic heterocycles. The van der Waals surface area contributed by atoms with Crippen LogP contribution in [0.1, 0.15) is 19.3 Å². The van der Waals surface area contributed by atoms with E-state index < -0.39 is 40.6 Å². The van der Waals surface area contributed by atoms with E-state index in [2.05, 4.69) is 20.9 Å². The number of benzene rings is 1. The van der Waals surface area contributed by atoms with Gasteiger partial charge in [-0.15, -0.1) is 6.42 Å². The number of aliphatic carboxylic acids is 2. The fourth-order valence-electron chi connectivity index (χ4n) is 2.40. The predicted molar refractivity (Wildman–Crippen MR) is 123 cm³/mol. The Kier molecular flexibility index (Phi) is 12.2. The predicted octanol–water partition coefficient (Wildman–Crippen LogP) is 2.74. The van der Waals surface area contributed by atoms with E-state index in [0.29, 0.717) is 12.4 Å². The second-order valence-corrected chi connectivity index (χ2v) is 8.63. The quantitative estimate of drug-likeness (QED) is 0.239. The number of carboxylic acids is 2. The fourth-order valence-corrected chi connectivity index (χ4v) is 3.59. The Bertz CT molecular complexity index is 1140. The summed E-state index contributed by atoms with van der Waals surface area (Å²) in [7, 11) is -3.96. The van der Waals surface area contributed by atoms with E-state index in [4.69, 9.17) is 26.2 Å². The molecular weight excluding hydrogens is 507 g/mol. The van der Waals surface area contributed by atoms with Crippen LogP contribution in [0.5, 0.6) is 5.75 Å². The molecule has 2 aromatic rings. The summed E-state index contributed by atoms with van der Waals surface area (Å²) in [5, 5.41) is 19.1. The van der Waals surface area contributed by atoms with Crippen molar-refractivity contribution < 1.29 is 46.1 Å². The molecule has 1 aromatic carbocycles. The number of nitrogens with zero attached hydrogens (tertiary/aromatic N) is 1. The Morgan fingerprint density at radius 3 is 2.39 bits per heavy atom. The van der Waals surface area contributed by atoms with Gasteiger partial charge >= 0.3 is 18.1 Å². The Balaban J connectivity index is 0.000000809. The van der Waals surface area contributed by atoms with Gasteiger partial charge in [-0.3, -0.25) is 4.79 Å². The van der Waals surface area contributed by atoms with Gasteiger partial charge < -0.3 is 20.3 Å². The monoisotopic (exact) mass is 531 g/mol. The van der Waals surface area contributed by atoms with Crippen LogP contribution in [0.15, 0.2) is 53.6 Å². The highest BCUT2D eigenvalue weighted by Gasteiger charge is 2.38. The maximum absolute atomic E-state index is 12.4. The second-order valence-electron chi connectivity index (χ2n) is 6.91. The molecule has 0 aliphatic carbocycles. The largest absolute Gasteiger partial charge is 0.494 e. The molecule has 196 valence electrons. The Labute approximate surface area is 205 Å². The lowest BCUT2D eigenvalue weighted by Crippen LogP contribution is -2.35. The van der Waals surface area contributed by atoms with Crippen LogP contribution in [-0.4, -0.2) is 60.9 Å². The minimum absolute atomic E-state index is 0.0440. The number of aromatic nitrogens is 1. The van der Waals surface area contributed by atoms with E-state index in [1.165, 1.54) is 12.1 Å². The van der Waals surface area contributed by atoms with Crippen molar-refractivity contribution in [3.63, 3.8) is 0 Å². The molecule has 0 unspecified atom stereocenters. The van der Waals surface area contributed by atoms with Crippen molar-refractivity contribution in [3.8, 4) is 18.1 Å². The number of halogens is 3. The molecule has 0 amide bonds. The molecule has 0 saturated heterocycles. The molecule has 0 radical (unpaired) electrons. The molecule has 4 N–H and O–H groups in total. The van der Waals surface area contributed by atoms with Crippen LogP contribution < -0.4 is 14.8 Å². The van der Waals surface area contributed by atoms with Crippen molar-refractivity contribution in [2.75, 3.05) is 18.5 Å². The molecule has 14 heteroatoms. The van der Waals surface area contributed by atoms with Crippen molar-refractivity contribution >= 4 is 27.8 Å². The van der Waals surface area contributed by atoms with Gasteiger partial charge in [0, 0.05) is 18.8 Å². The summed E-state index contributed by atoms with van der Waals surface area (Å²) in [6, 6.07) is 10.5. The van der Waals surface area contributed by atoms with Crippen LogP contribution in [0.3, 0.4) is 0 Å². The lowest BCUT2D eigenvalue weighted by Gasteiger charge is -2.13. The zero-order chi connectivity index (χ0) is 27.2. The molecule has 0 fully saturated rings. The van der Waals surface area contributed by atoms with Gasteiger partial charge in [0.2, 0.25) is 10.0 Å². The number of alkyl halides is 3. The van der Waals surface area contributed by atoms with Gasteiger partial charge in [0.1, 0.15) is 11.6 Å². The van der Waals surface area contributed by atoms with E-state index in [1.807, 2.05) is 18.2 Å². The Hall–Kier alpha value is -3.83. The Morgan fingerprint density at radius 1 is 1.14 bits per heavy atom. The molecular formula is C22H24F3N3O7S. The second kappa shape index (κ2) is 14.5. The number of hydrogen-bond donors (Lipinski definition) is 4. The number of terminal acetylenes is 1. The van der Waals surface area contributed by atoms with Gasteiger partial charge in [0.25, 0.3) is 0 Å². The number of nitrogens with one attached hydrogen (secondary N) is 2. The average Bonchev–Trinajstić information content (AvgIpc) is 2.81. The molecule has 0 bridgehead atoms. The first-order valence-corrected chi connectivity index (χ1v) is 11.7. The number of hydrogen-bond acceptors (Lipinski definition) is 7. The van der Waals surface area contributed by atoms with Crippen LogP contribution in [0.2, 0.25) is 0 Å². The number of carboxylic acid groups (broad SMARTS) is 2. The maximum Gasteiger partial charge on any atom is 0.490 e. The third-order valence-corrected chi connectivity index (χ3v) is 5.52. The summed E-state index contributed by atoms with van der Waals surface area (Å²) in [5.74, 6) is -0.604. The van der Waals surface area contributed by atoms with Crippen LogP contribution in [0.25, 0.3) is 0 Å². The zero-order valence-electron chi connectivity index (χ0n) is 18.7. The van der Waals surface area contributed by atoms with E-state index in [9.17, 15) is 26.4 Å². The molecule has 1 heterocycles. The molecule has 0 aliphatic rings. The van der Waals surface area contributed by atoms with Crippen molar-refractivity contribution in [3.05, 3.63) is 48.7 Å². The summed E-state index contributed by atoms with van der Waals surface area (Å²) < 4.78 is 64.4. The van der Waals surface area contributed by atoms with Crippen LogP contribution >= 0.6 is 0 Å². The number of carbonyl (C=O) groups is 2. The highest BCUT2D eigenvalue weighted by molar-refractivity contribution is 7.89. The normalized spacial score (nSPS) is 11.8. The van der Waals surface area contributed by atoms with E-state index >= 15 is 0 Å². The van der Waals surface area contributed by atoms with Crippen molar-refractivity contribution in [1.29, 1.82) is 0 Å². The molecule has 10 nitrogen and oxygen atoms in total. The lowest BCUT2D eigenvalue weighted by molar-refractivity contribution is -0.192.